The van der Waals surface area contributed by atoms with Gasteiger partial charge in [0.1, 0.15) is 17.2 Å². The van der Waals surface area contributed by atoms with Crippen molar-refractivity contribution >= 4 is 23.8 Å². The van der Waals surface area contributed by atoms with Crippen LogP contribution in [0.3, 0.4) is 0 Å². The van der Waals surface area contributed by atoms with Gasteiger partial charge in [0.25, 0.3) is 17.7 Å². The highest BCUT2D eigenvalue weighted by atomic mass is 19.1. The second-order valence-corrected chi connectivity index (χ2v) is 8.66. The predicted molar refractivity (Wildman–Crippen MR) is 127 cm³/mol. The van der Waals surface area contributed by atoms with Gasteiger partial charge in [-0.3, -0.25) is 14.6 Å². The van der Waals surface area contributed by atoms with E-state index in [1.807, 2.05) is 6.92 Å². The van der Waals surface area contributed by atoms with Crippen LogP contribution in [0.4, 0.5) is 4.39 Å². The van der Waals surface area contributed by atoms with Crippen LogP contribution in [-0.4, -0.2) is 63.0 Å². The van der Waals surface area contributed by atoms with Crippen LogP contribution in [0.15, 0.2) is 62.6 Å². The topological polar surface area (TPSA) is 141 Å². The molecule has 1 aliphatic heterocycles. The number of aliphatic hydroxyl groups excluding tert-OH is 2. The van der Waals surface area contributed by atoms with Crippen molar-refractivity contribution in [2.75, 3.05) is 13.6 Å². The third kappa shape index (κ3) is 6.11. The van der Waals surface area contributed by atoms with Crippen LogP contribution in [0.2, 0.25) is 0 Å². The van der Waals surface area contributed by atoms with Crippen molar-refractivity contribution in [1.82, 2.24) is 20.4 Å². The predicted octanol–water partition coefficient (Wildman–Crippen LogP) is 3.23. The highest BCUT2D eigenvalue weighted by Gasteiger charge is 2.31. The Kier molecular flexibility index (Phi) is 7.68. The number of aliphatic hydroxyl groups is 2. The molecule has 2 heterocycles. The number of aromatic nitrogens is 2. The molecule has 0 saturated heterocycles. The number of carbonyl (C=O) groups is 2. The van der Waals surface area contributed by atoms with E-state index in [0.717, 1.165) is 16.7 Å². The summed E-state index contributed by atoms with van der Waals surface area (Å²) in [5.74, 6) is -2.99. The van der Waals surface area contributed by atoms with Crippen LogP contribution in [0.25, 0.3) is 5.76 Å². The molecule has 1 aromatic rings. The van der Waals surface area contributed by atoms with E-state index in [2.05, 4.69) is 20.5 Å². The number of hydrogen-bond acceptors (Lipinski definition) is 8. The number of allylic oxidation sites excluding steroid dienone is 5. The lowest BCUT2D eigenvalue weighted by atomic mass is 9.78. The van der Waals surface area contributed by atoms with Gasteiger partial charge in [0, 0.05) is 20.2 Å². The van der Waals surface area contributed by atoms with Gasteiger partial charge in [0.2, 0.25) is 5.89 Å². The van der Waals surface area contributed by atoms with Gasteiger partial charge in [0.15, 0.2) is 5.76 Å². The molecule has 0 bridgehead atoms. The number of aliphatic imine (C=N–C) groups is 1. The van der Waals surface area contributed by atoms with Crippen molar-refractivity contribution in [3.63, 3.8) is 0 Å². The summed E-state index contributed by atoms with van der Waals surface area (Å²) in [6.45, 7) is 4.88. The van der Waals surface area contributed by atoms with Crippen molar-refractivity contribution in [1.29, 1.82) is 0 Å². The zero-order valence-corrected chi connectivity index (χ0v) is 19.9. The molecule has 3 rings (SSSR count). The van der Waals surface area contributed by atoms with Crippen LogP contribution >= 0.6 is 0 Å². The molecule has 2 unspecified atom stereocenters. The Labute approximate surface area is 201 Å². The van der Waals surface area contributed by atoms with Gasteiger partial charge < -0.3 is 24.8 Å². The van der Waals surface area contributed by atoms with Crippen LogP contribution < -0.4 is 5.32 Å². The second-order valence-electron chi connectivity index (χ2n) is 8.66. The van der Waals surface area contributed by atoms with Crippen LogP contribution in [0, 0.1) is 12.3 Å². The standard InChI is InChI=1S/C24H28FN5O5/c1-14-9-16(10-24(3)7-5-17(25)6-8-24)11-27-12-18(31)20(21(33)26-4)23(34)30(14)13-19(32)22-29-28-15(2)35-22/h5-7,9,11,13-14,31-32H,8,10,12H2,1-4H3,(H,26,33)/b16-9-,19-13-,20-18+,27-11?. The fourth-order valence-corrected chi connectivity index (χ4v) is 3.76. The summed E-state index contributed by atoms with van der Waals surface area (Å²) in [6, 6.07) is -0.705. The average molecular weight is 486 g/mol. The highest BCUT2D eigenvalue weighted by Crippen LogP contribution is 2.36. The molecule has 10 nitrogen and oxygen atoms in total. The minimum absolute atomic E-state index is 0.210. The molecule has 35 heavy (non-hydrogen) atoms. The third-order valence-electron chi connectivity index (χ3n) is 5.61. The lowest BCUT2D eigenvalue weighted by Crippen LogP contribution is -2.40. The Balaban J connectivity index is 2.06. The number of nitrogens with zero attached hydrogens (tertiary/aromatic N) is 4. The van der Waals surface area contributed by atoms with Gasteiger partial charge in [0.05, 0.1) is 18.8 Å². The Morgan fingerprint density at radius 1 is 1.43 bits per heavy atom. The number of carbonyl (C=O) groups excluding carboxylic acids is 2. The number of amides is 2. The number of nitrogens with one attached hydrogen (secondary N) is 1. The smallest absolute Gasteiger partial charge is 0.284 e. The highest BCUT2D eigenvalue weighted by molar-refractivity contribution is 6.19. The van der Waals surface area contributed by atoms with Gasteiger partial charge in [-0.25, -0.2) is 4.39 Å². The average Bonchev–Trinajstić information content (AvgIpc) is 3.25. The van der Waals surface area contributed by atoms with Crippen molar-refractivity contribution in [2.24, 2.45) is 10.4 Å². The zero-order chi connectivity index (χ0) is 25.8. The molecule has 0 aromatic carbocycles. The van der Waals surface area contributed by atoms with Gasteiger partial charge in [-0.2, -0.15) is 0 Å². The molecule has 3 N–H and O–H groups in total. The minimum Gasteiger partial charge on any atom is -0.509 e. The molecule has 2 aliphatic rings. The molecule has 2 atom stereocenters. The Morgan fingerprint density at radius 3 is 2.77 bits per heavy atom. The maximum atomic E-state index is 13.5. The fourth-order valence-electron chi connectivity index (χ4n) is 3.76. The number of aryl methyl sites for hydroxylation is 1. The minimum atomic E-state index is -0.862. The maximum absolute atomic E-state index is 13.5. The molecular weight excluding hydrogens is 457 g/mol. The molecule has 0 radical (unpaired) electrons. The first-order chi connectivity index (χ1) is 16.5. The summed E-state index contributed by atoms with van der Waals surface area (Å²) < 4.78 is 18.7. The van der Waals surface area contributed by atoms with Crippen molar-refractivity contribution in [2.45, 2.75) is 39.7 Å². The summed E-state index contributed by atoms with van der Waals surface area (Å²) in [5.41, 5.74) is -0.186. The molecule has 0 fully saturated rings. The molecule has 0 saturated carbocycles. The Hall–Kier alpha value is -4.02. The first kappa shape index (κ1) is 25.6. The molecule has 2 amide bonds. The van der Waals surface area contributed by atoms with Gasteiger partial charge >= 0.3 is 0 Å². The molecule has 11 heteroatoms. The summed E-state index contributed by atoms with van der Waals surface area (Å²) in [4.78, 5) is 31.2. The van der Waals surface area contributed by atoms with Crippen molar-refractivity contribution in [3.8, 4) is 0 Å². The van der Waals surface area contributed by atoms with E-state index in [1.165, 1.54) is 19.2 Å². The zero-order valence-electron chi connectivity index (χ0n) is 19.9. The quantitative estimate of drug-likeness (QED) is 0.429. The Morgan fingerprint density at radius 2 is 2.17 bits per heavy atom. The lowest BCUT2D eigenvalue weighted by molar-refractivity contribution is -0.129. The van der Waals surface area contributed by atoms with Crippen LogP contribution in [0.1, 0.15) is 38.5 Å². The lowest BCUT2D eigenvalue weighted by Gasteiger charge is -2.29. The third-order valence-corrected chi connectivity index (χ3v) is 5.61. The van der Waals surface area contributed by atoms with Crippen molar-refractivity contribution < 1.29 is 28.6 Å². The van der Waals surface area contributed by atoms with Gasteiger partial charge in [-0.1, -0.05) is 19.1 Å². The SMILES string of the molecule is CNC(=O)/C1=C(\O)CN=C/C(CC2(C)C=CC(F)=CC2)=C\C(C)N(/C=C(\O)c2nnc(C)o2)C1=O. The van der Waals surface area contributed by atoms with E-state index in [9.17, 15) is 24.2 Å². The number of rotatable bonds is 5. The first-order valence-electron chi connectivity index (χ1n) is 11.0. The molecule has 1 aliphatic carbocycles. The van der Waals surface area contributed by atoms with E-state index in [4.69, 9.17) is 4.42 Å². The van der Waals surface area contributed by atoms with Gasteiger partial charge in [-0.05, 0) is 42.9 Å². The number of halogens is 1. The summed E-state index contributed by atoms with van der Waals surface area (Å²) >= 11 is 0. The molecular formula is C24H28FN5O5. The monoisotopic (exact) mass is 485 g/mol. The number of hydrogen-bond donors (Lipinski definition) is 3. The maximum Gasteiger partial charge on any atom is 0.284 e. The van der Waals surface area contributed by atoms with Gasteiger partial charge in [-0.15, -0.1) is 10.2 Å². The Bertz CT molecular complexity index is 1190. The first-order valence-corrected chi connectivity index (χ1v) is 11.0. The van der Waals surface area contributed by atoms with Crippen LogP contribution in [0.5, 0.6) is 0 Å². The summed E-state index contributed by atoms with van der Waals surface area (Å²) in [6.07, 6.45) is 10.0. The van der Waals surface area contributed by atoms with E-state index in [0.29, 0.717) is 12.8 Å². The van der Waals surface area contributed by atoms with E-state index in [1.54, 1.807) is 32.2 Å². The van der Waals surface area contributed by atoms with E-state index in [-0.39, 0.29) is 24.2 Å². The normalized spacial score (nSPS) is 27.3. The van der Waals surface area contributed by atoms with Crippen molar-refractivity contribution in [3.05, 3.63) is 65.0 Å². The number of likely N-dealkylation sites (N-methyl/N-ethyl adjacent to an activating group) is 1. The van der Waals surface area contributed by atoms with E-state index >= 15 is 0 Å². The molecule has 186 valence electrons. The molecule has 0 spiro atoms. The summed E-state index contributed by atoms with van der Waals surface area (Å²) in [7, 11) is 1.33. The molecule has 1 aromatic heterocycles. The van der Waals surface area contributed by atoms with Crippen LogP contribution in [-0.2, 0) is 9.59 Å². The second kappa shape index (κ2) is 10.5. The largest absolute Gasteiger partial charge is 0.509 e. The fraction of sp³-hybridized carbons (Fsp3) is 0.375. The summed E-state index contributed by atoms with van der Waals surface area (Å²) in [5, 5.41) is 30.8. The van der Waals surface area contributed by atoms with E-state index < -0.39 is 40.4 Å².